The Kier molecular flexibility index (Phi) is 3.06. The molecule has 0 fully saturated rings. The SMILES string of the molecule is Cc1cc(C(=O)Nc2c(N)ccc(C)c2C)on1. The van der Waals surface area contributed by atoms with E-state index in [9.17, 15) is 4.79 Å². The zero-order valence-corrected chi connectivity index (χ0v) is 10.6. The summed E-state index contributed by atoms with van der Waals surface area (Å²) in [6.07, 6.45) is 0. The number of nitrogens with zero attached hydrogens (tertiary/aromatic N) is 1. The number of anilines is 2. The molecule has 1 amide bonds. The minimum absolute atomic E-state index is 0.174. The largest absolute Gasteiger partial charge is 0.397 e. The highest BCUT2D eigenvalue weighted by atomic mass is 16.5. The van der Waals surface area contributed by atoms with E-state index >= 15 is 0 Å². The van der Waals surface area contributed by atoms with Crippen LogP contribution < -0.4 is 11.1 Å². The summed E-state index contributed by atoms with van der Waals surface area (Å²) < 4.78 is 4.91. The van der Waals surface area contributed by atoms with Crippen LogP contribution in [-0.4, -0.2) is 11.1 Å². The van der Waals surface area contributed by atoms with E-state index in [1.165, 1.54) is 0 Å². The highest BCUT2D eigenvalue weighted by Gasteiger charge is 2.15. The van der Waals surface area contributed by atoms with Gasteiger partial charge in [-0.3, -0.25) is 4.79 Å². The third-order valence-electron chi connectivity index (χ3n) is 2.86. The number of carbonyl (C=O) groups excluding carboxylic acids is 1. The van der Waals surface area contributed by atoms with Gasteiger partial charge in [0, 0.05) is 6.07 Å². The van der Waals surface area contributed by atoms with Crippen LogP contribution in [0.3, 0.4) is 0 Å². The van der Waals surface area contributed by atoms with Crippen molar-refractivity contribution >= 4 is 17.3 Å². The molecule has 0 aliphatic heterocycles. The Labute approximate surface area is 105 Å². The molecule has 5 heteroatoms. The smallest absolute Gasteiger partial charge is 0.294 e. The molecule has 2 aromatic rings. The van der Waals surface area contributed by atoms with E-state index < -0.39 is 0 Å². The minimum Gasteiger partial charge on any atom is -0.397 e. The zero-order chi connectivity index (χ0) is 13.3. The summed E-state index contributed by atoms with van der Waals surface area (Å²) in [4.78, 5) is 11.9. The number of carbonyl (C=O) groups is 1. The Bertz CT molecular complexity index is 602. The molecule has 0 spiro atoms. The Morgan fingerprint density at radius 2 is 2.06 bits per heavy atom. The fourth-order valence-electron chi connectivity index (χ4n) is 1.65. The predicted octanol–water partition coefficient (Wildman–Crippen LogP) is 2.43. The standard InChI is InChI=1S/C13H15N3O2/c1-7-4-5-10(14)12(9(7)3)15-13(17)11-6-8(2)16-18-11/h4-6H,14H2,1-3H3,(H,15,17). The van der Waals surface area contributed by atoms with Crippen LogP contribution in [0.15, 0.2) is 22.7 Å². The Balaban J connectivity index is 2.30. The molecule has 0 aliphatic rings. The average Bonchev–Trinajstić information content (AvgIpc) is 2.76. The zero-order valence-electron chi connectivity index (χ0n) is 10.6. The molecule has 94 valence electrons. The number of amides is 1. The van der Waals surface area contributed by atoms with Crippen LogP contribution in [0.4, 0.5) is 11.4 Å². The molecule has 0 unspecified atom stereocenters. The molecule has 1 heterocycles. The maximum absolute atomic E-state index is 11.9. The van der Waals surface area contributed by atoms with E-state index in [0.717, 1.165) is 11.1 Å². The van der Waals surface area contributed by atoms with Crippen LogP contribution in [0.2, 0.25) is 0 Å². The number of hydrogen-bond acceptors (Lipinski definition) is 4. The van der Waals surface area contributed by atoms with Crippen LogP contribution >= 0.6 is 0 Å². The van der Waals surface area contributed by atoms with Crippen molar-refractivity contribution in [1.29, 1.82) is 0 Å². The summed E-state index contributed by atoms with van der Waals surface area (Å²) in [7, 11) is 0. The molecule has 0 saturated heterocycles. The molecule has 3 N–H and O–H groups in total. The Hall–Kier alpha value is -2.30. The van der Waals surface area contributed by atoms with Gasteiger partial charge in [-0.15, -0.1) is 0 Å². The fourth-order valence-corrected chi connectivity index (χ4v) is 1.65. The van der Waals surface area contributed by atoms with Crippen molar-refractivity contribution in [3.05, 3.63) is 40.8 Å². The fraction of sp³-hybridized carbons (Fsp3) is 0.231. The Morgan fingerprint density at radius 1 is 1.33 bits per heavy atom. The van der Waals surface area contributed by atoms with Crippen LogP contribution in [0.1, 0.15) is 27.4 Å². The molecule has 5 nitrogen and oxygen atoms in total. The van der Waals surface area contributed by atoms with Gasteiger partial charge in [0.15, 0.2) is 0 Å². The van der Waals surface area contributed by atoms with Crippen molar-refractivity contribution in [2.24, 2.45) is 0 Å². The molecule has 0 aliphatic carbocycles. The van der Waals surface area contributed by atoms with Crippen LogP contribution in [0, 0.1) is 20.8 Å². The first-order valence-corrected chi connectivity index (χ1v) is 5.59. The van der Waals surface area contributed by atoms with Crippen molar-refractivity contribution in [3.8, 4) is 0 Å². The molecule has 1 aromatic carbocycles. The van der Waals surface area contributed by atoms with E-state index in [1.807, 2.05) is 19.9 Å². The second-order valence-electron chi connectivity index (χ2n) is 4.26. The average molecular weight is 245 g/mol. The number of nitrogen functional groups attached to an aromatic ring is 1. The van der Waals surface area contributed by atoms with Crippen molar-refractivity contribution < 1.29 is 9.32 Å². The summed E-state index contributed by atoms with van der Waals surface area (Å²) in [5.41, 5.74) is 9.68. The van der Waals surface area contributed by atoms with Gasteiger partial charge in [-0.05, 0) is 38.0 Å². The molecule has 1 aromatic heterocycles. The van der Waals surface area contributed by atoms with E-state index in [1.54, 1.807) is 19.1 Å². The topological polar surface area (TPSA) is 81.2 Å². The number of aryl methyl sites for hydroxylation is 2. The second-order valence-corrected chi connectivity index (χ2v) is 4.26. The number of nitrogens with one attached hydrogen (secondary N) is 1. The summed E-state index contributed by atoms with van der Waals surface area (Å²) in [5, 5.41) is 6.43. The lowest BCUT2D eigenvalue weighted by Crippen LogP contribution is -2.14. The number of rotatable bonds is 2. The van der Waals surface area contributed by atoms with Gasteiger partial charge in [0.2, 0.25) is 5.76 Å². The van der Waals surface area contributed by atoms with Gasteiger partial charge in [-0.1, -0.05) is 11.2 Å². The van der Waals surface area contributed by atoms with Crippen LogP contribution in [0.5, 0.6) is 0 Å². The Morgan fingerprint density at radius 3 is 2.67 bits per heavy atom. The van der Waals surface area contributed by atoms with Gasteiger partial charge in [-0.2, -0.15) is 0 Å². The molecule has 0 radical (unpaired) electrons. The lowest BCUT2D eigenvalue weighted by Gasteiger charge is -2.12. The molecule has 18 heavy (non-hydrogen) atoms. The summed E-state index contributed by atoms with van der Waals surface area (Å²) in [5.74, 6) is -0.177. The minimum atomic E-state index is -0.351. The van der Waals surface area contributed by atoms with Gasteiger partial charge >= 0.3 is 0 Å². The van der Waals surface area contributed by atoms with E-state index in [0.29, 0.717) is 17.1 Å². The maximum Gasteiger partial charge on any atom is 0.294 e. The summed E-state index contributed by atoms with van der Waals surface area (Å²) >= 11 is 0. The highest BCUT2D eigenvalue weighted by Crippen LogP contribution is 2.26. The lowest BCUT2D eigenvalue weighted by molar-refractivity contribution is 0.0988. The predicted molar refractivity (Wildman–Crippen MR) is 69.5 cm³/mol. The van der Waals surface area contributed by atoms with Crippen molar-refractivity contribution in [2.75, 3.05) is 11.1 Å². The van der Waals surface area contributed by atoms with Crippen molar-refractivity contribution in [3.63, 3.8) is 0 Å². The lowest BCUT2D eigenvalue weighted by atomic mass is 10.1. The third kappa shape index (κ3) is 2.20. The first kappa shape index (κ1) is 12.2. The molecule has 0 atom stereocenters. The number of nitrogens with two attached hydrogens (primary N) is 1. The number of benzene rings is 1. The third-order valence-corrected chi connectivity index (χ3v) is 2.86. The summed E-state index contributed by atoms with van der Waals surface area (Å²) in [6.45, 7) is 5.63. The van der Waals surface area contributed by atoms with Crippen molar-refractivity contribution in [2.45, 2.75) is 20.8 Å². The molecular weight excluding hydrogens is 230 g/mol. The highest BCUT2D eigenvalue weighted by molar-refractivity contribution is 6.04. The van der Waals surface area contributed by atoms with E-state index in [-0.39, 0.29) is 11.7 Å². The first-order valence-electron chi connectivity index (χ1n) is 5.59. The molecule has 2 rings (SSSR count). The van der Waals surface area contributed by atoms with Crippen LogP contribution in [0.25, 0.3) is 0 Å². The quantitative estimate of drug-likeness (QED) is 0.796. The first-order chi connectivity index (χ1) is 8.49. The van der Waals surface area contributed by atoms with E-state index in [4.69, 9.17) is 10.3 Å². The number of aromatic nitrogens is 1. The maximum atomic E-state index is 11.9. The normalized spacial score (nSPS) is 10.4. The summed E-state index contributed by atoms with van der Waals surface area (Å²) in [6, 6.07) is 5.26. The van der Waals surface area contributed by atoms with E-state index in [2.05, 4.69) is 10.5 Å². The number of hydrogen-bond donors (Lipinski definition) is 2. The van der Waals surface area contributed by atoms with Crippen molar-refractivity contribution in [1.82, 2.24) is 5.16 Å². The molecule has 0 saturated carbocycles. The second kappa shape index (κ2) is 4.52. The van der Waals surface area contributed by atoms with Gasteiger partial charge in [0.1, 0.15) is 0 Å². The van der Waals surface area contributed by atoms with Gasteiger partial charge in [0.05, 0.1) is 17.1 Å². The van der Waals surface area contributed by atoms with Gasteiger partial charge in [-0.25, -0.2) is 0 Å². The van der Waals surface area contributed by atoms with Gasteiger partial charge in [0.25, 0.3) is 5.91 Å². The molecule has 0 bridgehead atoms. The molecular formula is C13H15N3O2. The monoisotopic (exact) mass is 245 g/mol. The van der Waals surface area contributed by atoms with Gasteiger partial charge < -0.3 is 15.6 Å². The van der Waals surface area contributed by atoms with Crippen LogP contribution in [-0.2, 0) is 0 Å².